The molecule has 0 aliphatic carbocycles. The Morgan fingerprint density at radius 3 is 3.15 bits per heavy atom. The van der Waals surface area contributed by atoms with Crippen LogP contribution in [0.1, 0.15) is 19.8 Å². The zero-order valence-electron chi connectivity index (χ0n) is 8.12. The molecule has 3 heteroatoms. The highest BCUT2D eigenvalue weighted by atomic mass is 32.2. The highest BCUT2D eigenvalue weighted by Crippen LogP contribution is 2.23. The third kappa shape index (κ3) is 3.07. The molecule has 0 radical (unpaired) electrons. The first-order valence-electron chi connectivity index (χ1n) is 4.72. The van der Waals surface area contributed by atoms with Crippen molar-refractivity contribution in [2.24, 2.45) is 0 Å². The maximum Gasteiger partial charge on any atom is 0.356 e. The number of hydrogen-bond donors (Lipinski definition) is 0. The predicted octanol–water partition coefficient (Wildman–Crippen LogP) is 1.52. The van der Waals surface area contributed by atoms with Gasteiger partial charge in [-0.05, 0) is 19.4 Å². The van der Waals surface area contributed by atoms with Gasteiger partial charge in [-0.15, -0.1) is 0 Å². The molecule has 0 spiro atoms. The highest BCUT2D eigenvalue weighted by Gasteiger charge is 2.36. The van der Waals surface area contributed by atoms with Crippen LogP contribution < -0.4 is 0 Å². The summed E-state index contributed by atoms with van der Waals surface area (Å²) in [5.74, 6) is 1.74. The lowest BCUT2D eigenvalue weighted by molar-refractivity contribution is -0.139. The molecule has 74 valence electrons. The third-order valence-electron chi connectivity index (χ3n) is 2.19. The molecule has 13 heavy (non-hydrogen) atoms. The third-order valence-corrected chi connectivity index (χ3v) is 4.90. The van der Waals surface area contributed by atoms with Crippen LogP contribution in [0.5, 0.6) is 0 Å². The smallest absolute Gasteiger partial charge is 0.356 e. The molecule has 0 N–H and O–H groups in total. The molecule has 0 aromatic heterocycles. The minimum Gasteiger partial charge on any atom is -0.463 e. The molecule has 2 nitrogen and oxygen atoms in total. The van der Waals surface area contributed by atoms with Crippen LogP contribution in [-0.2, 0) is 20.4 Å². The maximum absolute atomic E-state index is 11.2. The average Bonchev–Trinajstić information content (AvgIpc) is 2.52. The lowest BCUT2D eigenvalue weighted by Gasteiger charge is -2.06. The van der Waals surface area contributed by atoms with Gasteiger partial charge in [-0.2, -0.15) is 0 Å². The maximum atomic E-state index is 11.2. The van der Waals surface area contributed by atoms with E-state index in [4.69, 9.17) is 4.74 Å². The molecule has 0 bridgehead atoms. The standard InChI is InChI=1S/C10H17O2S/c1-3-9-6-5-7-13(9)8-10(11)12-4-2/h3,9H,1,4-8H2,2H3/q+1/t9-,13?/m0/s1. The summed E-state index contributed by atoms with van der Waals surface area (Å²) < 4.78 is 4.93. The summed E-state index contributed by atoms with van der Waals surface area (Å²) >= 11 is 0. The Labute approximate surface area is 82.7 Å². The summed E-state index contributed by atoms with van der Waals surface area (Å²) in [4.78, 5) is 11.2. The van der Waals surface area contributed by atoms with E-state index >= 15 is 0 Å². The van der Waals surface area contributed by atoms with Crippen LogP contribution in [0.25, 0.3) is 0 Å². The molecule has 1 saturated heterocycles. The monoisotopic (exact) mass is 201 g/mol. The highest BCUT2D eigenvalue weighted by molar-refractivity contribution is 7.98. The zero-order chi connectivity index (χ0) is 9.68. The van der Waals surface area contributed by atoms with Crippen molar-refractivity contribution >= 4 is 16.9 Å². The van der Waals surface area contributed by atoms with Crippen LogP contribution in [0.15, 0.2) is 12.7 Å². The Bertz CT molecular complexity index is 191. The Balaban J connectivity index is 2.34. The summed E-state index contributed by atoms with van der Waals surface area (Å²) in [6.45, 7) is 6.14. The topological polar surface area (TPSA) is 26.3 Å². The zero-order valence-corrected chi connectivity index (χ0v) is 8.94. The number of ether oxygens (including phenoxy) is 1. The molecule has 0 amide bonds. The first-order valence-corrected chi connectivity index (χ1v) is 6.35. The molecule has 1 fully saturated rings. The number of esters is 1. The summed E-state index contributed by atoms with van der Waals surface area (Å²) in [6.07, 6.45) is 4.43. The van der Waals surface area contributed by atoms with E-state index in [2.05, 4.69) is 6.58 Å². The van der Waals surface area contributed by atoms with Gasteiger partial charge >= 0.3 is 5.97 Å². The van der Waals surface area contributed by atoms with Crippen LogP contribution >= 0.6 is 0 Å². The van der Waals surface area contributed by atoms with Gasteiger partial charge in [-0.1, -0.05) is 6.58 Å². The van der Waals surface area contributed by atoms with Crippen LogP contribution in [0.3, 0.4) is 0 Å². The van der Waals surface area contributed by atoms with Crippen LogP contribution in [0.4, 0.5) is 0 Å². The summed E-state index contributed by atoms with van der Waals surface area (Å²) in [5, 5.41) is 0.560. The van der Waals surface area contributed by atoms with Crippen molar-refractivity contribution in [3.8, 4) is 0 Å². The molecular weight excluding hydrogens is 184 g/mol. The van der Waals surface area contributed by atoms with Gasteiger partial charge in [0, 0.05) is 17.3 Å². The summed E-state index contributed by atoms with van der Waals surface area (Å²) in [7, 11) is 0.211. The average molecular weight is 201 g/mol. The van der Waals surface area contributed by atoms with Gasteiger partial charge in [0.05, 0.1) is 6.61 Å². The molecule has 0 aromatic rings. The predicted molar refractivity (Wildman–Crippen MR) is 57.0 cm³/mol. The van der Waals surface area contributed by atoms with Crippen LogP contribution in [0, 0.1) is 0 Å². The molecule has 1 aliphatic rings. The summed E-state index contributed by atoms with van der Waals surface area (Å²) in [6, 6.07) is 0. The van der Waals surface area contributed by atoms with Crippen molar-refractivity contribution in [3.63, 3.8) is 0 Å². The van der Waals surface area contributed by atoms with Gasteiger partial charge < -0.3 is 4.74 Å². The minimum absolute atomic E-state index is 0.0421. The van der Waals surface area contributed by atoms with Gasteiger partial charge in [0.25, 0.3) is 0 Å². The fourth-order valence-electron chi connectivity index (χ4n) is 1.58. The number of carbonyl (C=O) groups excluding carboxylic acids is 1. The van der Waals surface area contributed by atoms with E-state index in [0.29, 0.717) is 17.6 Å². The SMILES string of the molecule is C=C[C@H]1CCC[S+]1CC(=O)OCC. The van der Waals surface area contributed by atoms with Crippen LogP contribution in [-0.4, -0.2) is 29.3 Å². The number of carbonyl (C=O) groups is 1. The molecule has 1 rings (SSSR count). The van der Waals surface area contributed by atoms with E-state index in [1.165, 1.54) is 18.6 Å². The Kier molecular flexibility index (Phi) is 4.36. The molecule has 1 aliphatic heterocycles. The summed E-state index contributed by atoms with van der Waals surface area (Å²) in [5.41, 5.74) is 0. The van der Waals surface area contributed by atoms with Crippen molar-refractivity contribution in [2.45, 2.75) is 25.0 Å². The Morgan fingerprint density at radius 1 is 1.77 bits per heavy atom. The second-order valence-corrected chi connectivity index (χ2v) is 5.48. The second-order valence-electron chi connectivity index (χ2n) is 3.11. The minimum atomic E-state index is -0.0421. The van der Waals surface area contributed by atoms with Crippen LogP contribution in [0.2, 0.25) is 0 Å². The van der Waals surface area contributed by atoms with Gasteiger partial charge in [0.15, 0.2) is 0 Å². The van der Waals surface area contributed by atoms with E-state index in [1.807, 2.05) is 13.0 Å². The molecular formula is C10H17O2S+. The molecule has 1 unspecified atom stereocenters. The van der Waals surface area contributed by atoms with E-state index in [0.717, 1.165) is 0 Å². The number of hydrogen-bond acceptors (Lipinski definition) is 2. The lowest BCUT2D eigenvalue weighted by Crippen LogP contribution is -2.25. The van der Waals surface area contributed by atoms with E-state index in [-0.39, 0.29) is 16.9 Å². The van der Waals surface area contributed by atoms with E-state index < -0.39 is 0 Å². The lowest BCUT2D eigenvalue weighted by atomic mass is 10.2. The second kappa shape index (κ2) is 5.32. The van der Waals surface area contributed by atoms with Crippen molar-refractivity contribution in [1.29, 1.82) is 0 Å². The Morgan fingerprint density at radius 2 is 2.54 bits per heavy atom. The molecule has 1 heterocycles. The van der Waals surface area contributed by atoms with Crippen molar-refractivity contribution in [2.75, 3.05) is 18.1 Å². The van der Waals surface area contributed by atoms with Gasteiger partial charge in [-0.3, -0.25) is 0 Å². The van der Waals surface area contributed by atoms with Gasteiger partial charge in [0.2, 0.25) is 5.75 Å². The Hall–Kier alpha value is -0.440. The first-order chi connectivity index (χ1) is 6.27. The largest absolute Gasteiger partial charge is 0.463 e. The number of rotatable bonds is 4. The van der Waals surface area contributed by atoms with Gasteiger partial charge in [-0.25, -0.2) is 4.79 Å². The first kappa shape index (κ1) is 10.6. The molecule has 2 atom stereocenters. The van der Waals surface area contributed by atoms with E-state index in [9.17, 15) is 4.79 Å². The fraction of sp³-hybridized carbons (Fsp3) is 0.700. The van der Waals surface area contributed by atoms with Gasteiger partial charge in [0.1, 0.15) is 11.0 Å². The molecule has 0 aromatic carbocycles. The quantitative estimate of drug-likeness (QED) is 0.391. The fourth-order valence-corrected chi connectivity index (χ4v) is 3.93. The van der Waals surface area contributed by atoms with Crippen molar-refractivity contribution in [1.82, 2.24) is 0 Å². The van der Waals surface area contributed by atoms with E-state index in [1.54, 1.807) is 0 Å². The normalized spacial score (nSPS) is 27.2. The van der Waals surface area contributed by atoms with Crippen molar-refractivity contribution < 1.29 is 9.53 Å². The van der Waals surface area contributed by atoms with Crippen molar-refractivity contribution in [3.05, 3.63) is 12.7 Å². The molecule has 0 saturated carbocycles.